The number of urea groups is 1. The molecular weight excluding hydrogens is 319 g/mol. The summed E-state index contributed by atoms with van der Waals surface area (Å²) in [5.74, 6) is 0.595. The van der Waals surface area contributed by atoms with E-state index in [0.29, 0.717) is 22.0 Å². The molecule has 0 aliphatic carbocycles. The standard InChI is InChI=1S/C13H14Cl2N2O2S/c1-20-6-5-11-12(18)17(13(19)16-11)7-8-9(14)3-2-4-10(8)15/h2-4,11H,5-7H2,1H3,(H,16,19)/t11-/m1/s1. The molecule has 1 aromatic rings. The van der Waals surface area contributed by atoms with Crippen LogP contribution < -0.4 is 5.32 Å². The van der Waals surface area contributed by atoms with Gasteiger partial charge in [0.2, 0.25) is 0 Å². The van der Waals surface area contributed by atoms with Gasteiger partial charge >= 0.3 is 6.03 Å². The van der Waals surface area contributed by atoms with Crippen LogP contribution in [0.25, 0.3) is 0 Å². The van der Waals surface area contributed by atoms with E-state index in [1.165, 1.54) is 0 Å². The van der Waals surface area contributed by atoms with Crippen molar-refractivity contribution in [2.45, 2.75) is 19.0 Å². The van der Waals surface area contributed by atoms with Gasteiger partial charge in [0.15, 0.2) is 0 Å². The molecule has 108 valence electrons. The number of carbonyl (C=O) groups is 2. The molecule has 20 heavy (non-hydrogen) atoms. The van der Waals surface area contributed by atoms with Crippen molar-refractivity contribution in [2.24, 2.45) is 0 Å². The van der Waals surface area contributed by atoms with E-state index in [9.17, 15) is 9.59 Å². The first-order valence-corrected chi connectivity index (χ1v) is 8.23. The zero-order valence-corrected chi connectivity index (χ0v) is 13.2. The summed E-state index contributed by atoms with van der Waals surface area (Å²) in [5, 5.41) is 3.59. The van der Waals surface area contributed by atoms with Gasteiger partial charge in [0.25, 0.3) is 5.91 Å². The molecule has 2 rings (SSSR count). The lowest BCUT2D eigenvalue weighted by atomic mass is 10.2. The third kappa shape index (κ3) is 3.22. The summed E-state index contributed by atoms with van der Waals surface area (Å²) in [6.45, 7) is 0.0962. The molecule has 0 aromatic heterocycles. The molecule has 0 bridgehead atoms. The zero-order chi connectivity index (χ0) is 14.7. The fourth-order valence-electron chi connectivity index (χ4n) is 2.00. The van der Waals surface area contributed by atoms with E-state index in [1.54, 1.807) is 30.0 Å². The van der Waals surface area contributed by atoms with Crippen molar-refractivity contribution in [2.75, 3.05) is 12.0 Å². The lowest BCUT2D eigenvalue weighted by Gasteiger charge is -2.15. The molecule has 1 aromatic carbocycles. The van der Waals surface area contributed by atoms with Gasteiger partial charge < -0.3 is 5.32 Å². The second kappa shape index (κ2) is 6.70. The summed E-state index contributed by atoms with van der Waals surface area (Å²) in [6, 6.07) is 4.26. The molecule has 0 spiro atoms. The molecular formula is C13H14Cl2N2O2S. The van der Waals surface area contributed by atoms with Gasteiger partial charge in [-0.1, -0.05) is 29.3 Å². The number of rotatable bonds is 5. The number of carbonyl (C=O) groups excluding carboxylic acids is 2. The molecule has 1 aliphatic heterocycles. The Hall–Kier alpha value is -0.910. The number of halogens is 2. The van der Waals surface area contributed by atoms with Crippen LogP contribution in [0, 0.1) is 0 Å². The second-order valence-electron chi connectivity index (χ2n) is 4.41. The van der Waals surface area contributed by atoms with Gasteiger partial charge in [-0.15, -0.1) is 0 Å². The predicted molar refractivity (Wildman–Crippen MR) is 82.3 cm³/mol. The summed E-state index contributed by atoms with van der Waals surface area (Å²) in [6.07, 6.45) is 2.58. The van der Waals surface area contributed by atoms with Gasteiger partial charge in [-0.05, 0) is 30.6 Å². The van der Waals surface area contributed by atoms with Crippen molar-refractivity contribution in [3.8, 4) is 0 Å². The Morgan fingerprint density at radius 2 is 1.95 bits per heavy atom. The van der Waals surface area contributed by atoms with Crippen molar-refractivity contribution < 1.29 is 9.59 Å². The molecule has 1 saturated heterocycles. The highest BCUT2D eigenvalue weighted by atomic mass is 35.5. The van der Waals surface area contributed by atoms with E-state index >= 15 is 0 Å². The summed E-state index contributed by atoms with van der Waals surface area (Å²) in [5.41, 5.74) is 0.588. The number of hydrogen-bond donors (Lipinski definition) is 1. The number of thioether (sulfide) groups is 1. The topological polar surface area (TPSA) is 49.4 Å². The van der Waals surface area contributed by atoms with Gasteiger partial charge in [-0.3, -0.25) is 9.69 Å². The van der Waals surface area contributed by atoms with Gasteiger partial charge in [0.1, 0.15) is 6.04 Å². The Morgan fingerprint density at radius 1 is 1.30 bits per heavy atom. The molecule has 0 unspecified atom stereocenters. The zero-order valence-electron chi connectivity index (χ0n) is 10.9. The van der Waals surface area contributed by atoms with Crippen molar-refractivity contribution in [1.82, 2.24) is 10.2 Å². The van der Waals surface area contributed by atoms with E-state index in [2.05, 4.69) is 5.32 Å². The van der Waals surface area contributed by atoms with Gasteiger partial charge in [-0.25, -0.2) is 4.79 Å². The number of nitrogens with one attached hydrogen (secondary N) is 1. The quantitative estimate of drug-likeness (QED) is 0.842. The lowest BCUT2D eigenvalue weighted by molar-refractivity contribution is -0.127. The van der Waals surface area contributed by atoms with Crippen LogP contribution >= 0.6 is 35.0 Å². The number of benzene rings is 1. The molecule has 0 saturated carbocycles. The molecule has 1 fully saturated rings. The minimum atomic E-state index is -0.448. The Labute approximate surface area is 131 Å². The molecule has 0 radical (unpaired) electrons. The van der Waals surface area contributed by atoms with Crippen LogP contribution in [0.1, 0.15) is 12.0 Å². The SMILES string of the molecule is CSCC[C@H]1NC(=O)N(Cc2c(Cl)cccc2Cl)C1=O. The van der Waals surface area contributed by atoms with Crippen LogP contribution in [0.4, 0.5) is 4.79 Å². The Bertz CT molecular complexity index is 519. The molecule has 1 heterocycles. The maximum absolute atomic E-state index is 12.2. The van der Waals surface area contributed by atoms with E-state index in [0.717, 1.165) is 10.7 Å². The fourth-order valence-corrected chi connectivity index (χ4v) is 2.99. The predicted octanol–water partition coefficient (Wildman–Crippen LogP) is 3.17. The molecule has 1 N–H and O–H groups in total. The maximum atomic E-state index is 12.2. The Kier molecular flexibility index (Phi) is 5.18. The average molecular weight is 333 g/mol. The van der Waals surface area contributed by atoms with E-state index < -0.39 is 12.1 Å². The van der Waals surface area contributed by atoms with E-state index in [-0.39, 0.29) is 12.5 Å². The van der Waals surface area contributed by atoms with Gasteiger partial charge in [0, 0.05) is 15.6 Å². The molecule has 4 nitrogen and oxygen atoms in total. The van der Waals surface area contributed by atoms with Crippen molar-refractivity contribution >= 4 is 46.9 Å². The molecule has 1 aliphatic rings. The van der Waals surface area contributed by atoms with E-state index in [1.807, 2.05) is 6.26 Å². The number of amides is 3. The summed E-state index contributed by atoms with van der Waals surface area (Å²) >= 11 is 13.8. The van der Waals surface area contributed by atoms with Gasteiger partial charge in [0.05, 0.1) is 6.54 Å². The van der Waals surface area contributed by atoms with E-state index in [4.69, 9.17) is 23.2 Å². The highest BCUT2D eigenvalue weighted by Crippen LogP contribution is 2.27. The average Bonchev–Trinajstić information content (AvgIpc) is 2.67. The largest absolute Gasteiger partial charge is 0.326 e. The van der Waals surface area contributed by atoms with Crippen molar-refractivity contribution in [1.29, 1.82) is 0 Å². The third-order valence-corrected chi connectivity index (χ3v) is 4.45. The van der Waals surface area contributed by atoms with Crippen LogP contribution in [-0.4, -0.2) is 34.9 Å². The Balaban J connectivity index is 2.13. The first-order chi connectivity index (χ1) is 9.54. The number of imide groups is 1. The second-order valence-corrected chi connectivity index (χ2v) is 6.21. The maximum Gasteiger partial charge on any atom is 0.325 e. The first-order valence-electron chi connectivity index (χ1n) is 6.08. The minimum Gasteiger partial charge on any atom is -0.326 e. The van der Waals surface area contributed by atoms with Crippen LogP contribution in [0.15, 0.2) is 18.2 Å². The van der Waals surface area contributed by atoms with Crippen molar-refractivity contribution in [3.05, 3.63) is 33.8 Å². The highest BCUT2D eigenvalue weighted by Gasteiger charge is 2.37. The van der Waals surface area contributed by atoms with Crippen LogP contribution in [0.3, 0.4) is 0 Å². The van der Waals surface area contributed by atoms with Gasteiger partial charge in [-0.2, -0.15) is 11.8 Å². The van der Waals surface area contributed by atoms with Crippen LogP contribution in [0.2, 0.25) is 10.0 Å². The number of nitrogens with zero attached hydrogens (tertiary/aromatic N) is 1. The van der Waals surface area contributed by atoms with Crippen molar-refractivity contribution in [3.63, 3.8) is 0 Å². The summed E-state index contributed by atoms with van der Waals surface area (Å²) in [4.78, 5) is 25.2. The minimum absolute atomic E-state index is 0.0962. The Morgan fingerprint density at radius 3 is 2.55 bits per heavy atom. The number of hydrogen-bond acceptors (Lipinski definition) is 3. The first kappa shape index (κ1) is 15.5. The molecule has 7 heteroatoms. The van der Waals surface area contributed by atoms with Crippen LogP contribution in [0.5, 0.6) is 0 Å². The smallest absolute Gasteiger partial charge is 0.325 e. The monoisotopic (exact) mass is 332 g/mol. The summed E-state index contributed by atoms with van der Waals surface area (Å²) < 4.78 is 0. The molecule has 3 amide bonds. The summed E-state index contributed by atoms with van der Waals surface area (Å²) in [7, 11) is 0. The fraction of sp³-hybridized carbons (Fsp3) is 0.385. The molecule has 1 atom stereocenters. The van der Waals surface area contributed by atoms with Crippen LogP contribution in [-0.2, 0) is 11.3 Å². The highest BCUT2D eigenvalue weighted by molar-refractivity contribution is 7.98. The third-order valence-electron chi connectivity index (χ3n) is 3.10. The lowest BCUT2D eigenvalue weighted by Crippen LogP contribution is -2.31. The normalized spacial score (nSPS) is 18.6.